The number of carbonyl (C=O) groups is 1. The molecular formula is C17H25N3O2. The summed E-state index contributed by atoms with van der Waals surface area (Å²) in [6, 6.07) is 10.1. The molecule has 2 heterocycles. The van der Waals surface area contributed by atoms with Crippen LogP contribution in [0, 0.1) is 11.3 Å². The van der Waals surface area contributed by atoms with Gasteiger partial charge in [0.15, 0.2) is 0 Å². The maximum atomic E-state index is 12.4. The predicted molar refractivity (Wildman–Crippen MR) is 85.5 cm³/mol. The number of hydrazine groups is 1. The molecule has 0 aliphatic carbocycles. The van der Waals surface area contributed by atoms with Crippen molar-refractivity contribution in [1.29, 1.82) is 0 Å². The molecule has 2 saturated heterocycles. The third-order valence-electron chi connectivity index (χ3n) is 4.89. The monoisotopic (exact) mass is 303 g/mol. The van der Waals surface area contributed by atoms with Crippen LogP contribution in [-0.2, 0) is 9.63 Å². The van der Waals surface area contributed by atoms with Gasteiger partial charge in [-0.15, -0.1) is 0 Å². The van der Waals surface area contributed by atoms with Gasteiger partial charge >= 0.3 is 0 Å². The molecule has 0 saturated carbocycles. The number of anilines is 1. The Morgan fingerprint density at radius 3 is 2.59 bits per heavy atom. The van der Waals surface area contributed by atoms with Gasteiger partial charge in [0.25, 0.3) is 5.91 Å². The van der Waals surface area contributed by atoms with Crippen LogP contribution in [0.4, 0.5) is 5.69 Å². The van der Waals surface area contributed by atoms with Crippen LogP contribution in [0.5, 0.6) is 0 Å². The van der Waals surface area contributed by atoms with Gasteiger partial charge in [0, 0.05) is 11.5 Å². The zero-order chi connectivity index (χ0) is 15.9. The molecule has 1 aromatic carbocycles. The van der Waals surface area contributed by atoms with E-state index in [0.717, 1.165) is 12.1 Å². The maximum absolute atomic E-state index is 12.4. The third-order valence-corrected chi connectivity index (χ3v) is 4.89. The first-order valence-corrected chi connectivity index (χ1v) is 7.95. The third kappa shape index (κ3) is 2.59. The number of para-hydroxylation sites is 1. The molecule has 2 aliphatic heterocycles. The minimum atomic E-state index is -0.111. The number of nitrogens with zero attached hydrogens (tertiary/aromatic N) is 2. The van der Waals surface area contributed by atoms with Gasteiger partial charge in [-0.2, -0.15) is 5.06 Å². The van der Waals surface area contributed by atoms with Crippen molar-refractivity contribution < 1.29 is 9.63 Å². The average molecular weight is 303 g/mol. The fraction of sp³-hybridized carbons (Fsp3) is 0.588. The second kappa shape index (κ2) is 5.56. The zero-order valence-electron chi connectivity index (χ0n) is 13.7. The van der Waals surface area contributed by atoms with E-state index < -0.39 is 0 Å². The first kappa shape index (κ1) is 15.3. The normalized spacial score (nSPS) is 31.7. The number of hydrogen-bond donors (Lipinski definition) is 1. The second-order valence-electron chi connectivity index (χ2n) is 7.16. The first-order chi connectivity index (χ1) is 10.4. The van der Waals surface area contributed by atoms with Gasteiger partial charge in [-0.05, 0) is 31.4 Å². The van der Waals surface area contributed by atoms with Crippen LogP contribution in [0.3, 0.4) is 0 Å². The molecule has 2 fully saturated rings. The zero-order valence-corrected chi connectivity index (χ0v) is 13.7. The van der Waals surface area contributed by atoms with E-state index in [0.29, 0.717) is 5.92 Å². The van der Waals surface area contributed by atoms with Crippen LogP contribution in [0.1, 0.15) is 34.1 Å². The minimum absolute atomic E-state index is 0.0278. The van der Waals surface area contributed by atoms with E-state index >= 15 is 0 Å². The number of hydroxylamine groups is 2. The SMILES string of the molecule is C[C@@H]1CC(C)(C)C2N(Nc3ccccc3)C(=O)CON2[C@H]1C. The van der Waals surface area contributed by atoms with Crippen LogP contribution in [-0.4, -0.2) is 34.8 Å². The van der Waals surface area contributed by atoms with Crippen molar-refractivity contribution in [3.63, 3.8) is 0 Å². The highest BCUT2D eigenvalue weighted by atomic mass is 16.7. The van der Waals surface area contributed by atoms with Gasteiger partial charge in [0.2, 0.25) is 0 Å². The molecule has 1 amide bonds. The van der Waals surface area contributed by atoms with E-state index in [4.69, 9.17) is 4.84 Å². The van der Waals surface area contributed by atoms with E-state index in [1.807, 2.05) is 35.4 Å². The van der Waals surface area contributed by atoms with E-state index in [9.17, 15) is 4.79 Å². The molecule has 0 spiro atoms. The number of rotatable bonds is 2. The maximum Gasteiger partial charge on any atom is 0.270 e. The van der Waals surface area contributed by atoms with Crippen LogP contribution in [0.2, 0.25) is 0 Å². The summed E-state index contributed by atoms with van der Waals surface area (Å²) in [6.07, 6.45) is 0.944. The van der Waals surface area contributed by atoms with Gasteiger partial charge in [-0.1, -0.05) is 39.0 Å². The quantitative estimate of drug-likeness (QED) is 0.912. The van der Waals surface area contributed by atoms with Gasteiger partial charge in [-0.25, -0.2) is 5.01 Å². The van der Waals surface area contributed by atoms with Crippen LogP contribution in [0.15, 0.2) is 30.3 Å². The Morgan fingerprint density at radius 1 is 1.23 bits per heavy atom. The molecule has 1 aromatic rings. The lowest BCUT2D eigenvalue weighted by atomic mass is 9.73. The highest BCUT2D eigenvalue weighted by molar-refractivity contribution is 5.79. The van der Waals surface area contributed by atoms with Crippen molar-refractivity contribution in [1.82, 2.24) is 10.1 Å². The number of hydrogen-bond acceptors (Lipinski definition) is 4. The van der Waals surface area contributed by atoms with E-state index in [1.54, 1.807) is 5.01 Å². The Balaban J connectivity index is 1.91. The van der Waals surface area contributed by atoms with Crippen molar-refractivity contribution in [3.05, 3.63) is 30.3 Å². The molecule has 0 bridgehead atoms. The fourth-order valence-corrected chi connectivity index (χ4v) is 3.69. The molecule has 0 aromatic heterocycles. The molecule has 3 rings (SSSR count). The number of carbonyl (C=O) groups excluding carboxylic acids is 1. The summed E-state index contributed by atoms with van der Waals surface area (Å²) in [5, 5.41) is 3.76. The lowest BCUT2D eigenvalue weighted by Gasteiger charge is -2.56. The van der Waals surface area contributed by atoms with Crippen LogP contribution in [0.25, 0.3) is 0 Å². The van der Waals surface area contributed by atoms with Gasteiger partial charge in [-0.3, -0.25) is 15.1 Å². The largest absolute Gasteiger partial charge is 0.294 e. The number of amides is 1. The molecule has 3 atom stereocenters. The smallest absolute Gasteiger partial charge is 0.270 e. The van der Waals surface area contributed by atoms with E-state index in [1.165, 1.54) is 0 Å². The molecule has 5 heteroatoms. The molecule has 2 aliphatic rings. The number of benzene rings is 1. The van der Waals surface area contributed by atoms with Crippen molar-refractivity contribution in [2.45, 2.75) is 46.3 Å². The van der Waals surface area contributed by atoms with Crippen LogP contribution >= 0.6 is 0 Å². The standard InChI is InChI=1S/C17H25N3O2/c1-12-10-17(3,4)16-19(18-14-8-6-5-7-9-14)15(21)11-22-20(16)13(12)2/h5-9,12-13,16,18H,10-11H2,1-4H3/t12-,13+,16?/m1/s1. The Kier molecular flexibility index (Phi) is 3.87. The molecule has 22 heavy (non-hydrogen) atoms. The Bertz CT molecular complexity index is 546. The van der Waals surface area contributed by atoms with Crippen molar-refractivity contribution in [2.75, 3.05) is 12.0 Å². The Morgan fingerprint density at radius 2 is 1.91 bits per heavy atom. The van der Waals surface area contributed by atoms with E-state index in [2.05, 4.69) is 33.1 Å². The number of nitrogens with one attached hydrogen (secondary N) is 1. The lowest BCUT2D eigenvalue weighted by molar-refractivity contribution is -0.305. The van der Waals surface area contributed by atoms with Gasteiger partial charge in [0.1, 0.15) is 12.8 Å². The highest BCUT2D eigenvalue weighted by Crippen LogP contribution is 2.43. The summed E-state index contributed by atoms with van der Waals surface area (Å²) in [5.74, 6) is 0.498. The molecule has 1 N–H and O–H groups in total. The van der Waals surface area contributed by atoms with Gasteiger partial charge in [0.05, 0.1) is 5.69 Å². The topological polar surface area (TPSA) is 44.8 Å². The minimum Gasteiger partial charge on any atom is -0.294 e. The summed E-state index contributed by atoms with van der Waals surface area (Å²) in [6.45, 7) is 8.91. The second-order valence-corrected chi connectivity index (χ2v) is 7.16. The summed E-state index contributed by atoms with van der Waals surface area (Å²) in [7, 11) is 0. The summed E-state index contributed by atoms with van der Waals surface area (Å²) in [5.41, 5.74) is 4.15. The Labute approximate surface area is 132 Å². The van der Waals surface area contributed by atoms with Gasteiger partial charge < -0.3 is 0 Å². The summed E-state index contributed by atoms with van der Waals surface area (Å²) < 4.78 is 0. The lowest BCUT2D eigenvalue weighted by Crippen LogP contribution is -2.69. The highest BCUT2D eigenvalue weighted by Gasteiger charge is 2.51. The molecule has 0 radical (unpaired) electrons. The van der Waals surface area contributed by atoms with Crippen molar-refractivity contribution in [3.8, 4) is 0 Å². The van der Waals surface area contributed by atoms with E-state index in [-0.39, 0.29) is 30.1 Å². The average Bonchev–Trinajstić information content (AvgIpc) is 2.47. The fourth-order valence-electron chi connectivity index (χ4n) is 3.69. The molecule has 1 unspecified atom stereocenters. The first-order valence-electron chi connectivity index (χ1n) is 7.95. The number of piperidine rings is 1. The molecule has 120 valence electrons. The van der Waals surface area contributed by atoms with Crippen LogP contribution < -0.4 is 5.43 Å². The summed E-state index contributed by atoms with van der Waals surface area (Å²) in [4.78, 5) is 18.2. The predicted octanol–water partition coefficient (Wildman–Crippen LogP) is 2.87. The number of fused-ring (bicyclic) bond motifs is 1. The van der Waals surface area contributed by atoms with Crippen molar-refractivity contribution in [2.24, 2.45) is 11.3 Å². The molecule has 5 nitrogen and oxygen atoms in total. The molecular weight excluding hydrogens is 278 g/mol. The Hall–Kier alpha value is -1.59. The summed E-state index contributed by atoms with van der Waals surface area (Å²) >= 11 is 0. The van der Waals surface area contributed by atoms with Crippen molar-refractivity contribution >= 4 is 11.6 Å².